The molecule has 1 rings (SSSR count). The summed E-state index contributed by atoms with van der Waals surface area (Å²) in [5, 5.41) is 1.76. The molecule has 0 aromatic heterocycles. The molecule has 0 radical (unpaired) electrons. The first-order valence-corrected chi connectivity index (χ1v) is 5.00. The Hall–Kier alpha value is -0.880. The summed E-state index contributed by atoms with van der Waals surface area (Å²) in [7, 11) is 0. The quantitative estimate of drug-likeness (QED) is 0.744. The van der Waals surface area contributed by atoms with Gasteiger partial charge in [0, 0.05) is 6.04 Å². The molecule has 94 valence electrons. The lowest BCUT2D eigenvalue weighted by Crippen LogP contribution is -2.53. The van der Waals surface area contributed by atoms with Crippen LogP contribution < -0.4 is 5.32 Å². The van der Waals surface area contributed by atoms with Crippen LogP contribution in [-0.4, -0.2) is 24.0 Å². The van der Waals surface area contributed by atoms with Crippen molar-refractivity contribution in [2.75, 3.05) is 0 Å². The Morgan fingerprint density at radius 2 is 1.50 bits per heavy atom. The first-order chi connectivity index (χ1) is 7.25. The molecular weight excluding hydrogens is 233 g/mol. The Bertz CT molecular complexity index is 257. The monoisotopic (exact) mass is 245 g/mol. The van der Waals surface area contributed by atoms with E-state index < -0.39 is 24.0 Å². The average molecular weight is 245 g/mol. The molecule has 2 nitrogen and oxygen atoms in total. The number of halogens is 5. The van der Waals surface area contributed by atoms with E-state index in [0.717, 1.165) is 19.3 Å². The molecular formula is C9H12F5NO. The zero-order valence-electron chi connectivity index (χ0n) is 8.41. The van der Waals surface area contributed by atoms with Crippen LogP contribution in [0.5, 0.6) is 0 Å². The van der Waals surface area contributed by atoms with Crippen LogP contribution in [-0.2, 0) is 4.79 Å². The number of nitrogens with one attached hydrogen (secondary N) is 1. The number of amides is 1. The molecule has 0 unspecified atom stereocenters. The zero-order chi connectivity index (χ0) is 12.4. The summed E-state index contributed by atoms with van der Waals surface area (Å²) in [6, 6.07) is -0.561. The summed E-state index contributed by atoms with van der Waals surface area (Å²) in [6.45, 7) is 0. The molecule has 1 fully saturated rings. The lowest BCUT2D eigenvalue weighted by atomic mass is 9.95. The van der Waals surface area contributed by atoms with Crippen molar-refractivity contribution in [2.24, 2.45) is 0 Å². The maximum atomic E-state index is 12.5. The summed E-state index contributed by atoms with van der Waals surface area (Å²) in [5.74, 6) is -7.54. The van der Waals surface area contributed by atoms with Crippen LogP contribution in [0.3, 0.4) is 0 Å². The highest BCUT2D eigenvalue weighted by atomic mass is 19.4. The number of rotatable bonds is 2. The predicted molar refractivity (Wildman–Crippen MR) is 46.0 cm³/mol. The summed E-state index contributed by atoms with van der Waals surface area (Å²) in [6.07, 6.45) is -2.52. The number of hydrogen-bond acceptors (Lipinski definition) is 1. The molecule has 0 aliphatic heterocycles. The molecule has 0 aromatic rings. The molecule has 1 aliphatic carbocycles. The van der Waals surface area contributed by atoms with E-state index in [4.69, 9.17) is 0 Å². The van der Waals surface area contributed by atoms with Crippen LogP contribution in [0.2, 0.25) is 0 Å². The predicted octanol–water partition coefficient (Wildman–Crippen LogP) is 2.63. The highest BCUT2D eigenvalue weighted by Crippen LogP contribution is 2.35. The molecule has 0 aromatic carbocycles. The van der Waals surface area contributed by atoms with Gasteiger partial charge >= 0.3 is 18.0 Å². The topological polar surface area (TPSA) is 29.1 Å². The second-order valence-electron chi connectivity index (χ2n) is 3.88. The summed E-state index contributed by atoms with van der Waals surface area (Å²) < 4.78 is 60.6. The summed E-state index contributed by atoms with van der Waals surface area (Å²) in [5.41, 5.74) is 0. The third kappa shape index (κ3) is 2.82. The normalized spacial score (nSPS) is 19.6. The van der Waals surface area contributed by atoms with Crippen LogP contribution in [0.1, 0.15) is 32.1 Å². The standard InChI is InChI=1S/C9H12F5NO/c10-8(11,9(12,13)14)7(16)15-6-4-2-1-3-5-6/h6H,1-5H2,(H,15,16). The van der Waals surface area contributed by atoms with Gasteiger partial charge in [0.05, 0.1) is 0 Å². The molecule has 7 heteroatoms. The smallest absolute Gasteiger partial charge is 0.348 e. The van der Waals surface area contributed by atoms with Crippen LogP contribution in [0, 0.1) is 0 Å². The lowest BCUT2D eigenvalue weighted by Gasteiger charge is -2.26. The molecule has 1 N–H and O–H groups in total. The minimum Gasteiger partial charge on any atom is -0.348 e. The molecule has 1 amide bonds. The minimum absolute atomic E-state index is 0.458. The average Bonchev–Trinajstić information content (AvgIpc) is 2.17. The Morgan fingerprint density at radius 3 is 1.94 bits per heavy atom. The highest BCUT2D eigenvalue weighted by Gasteiger charge is 2.63. The maximum Gasteiger partial charge on any atom is 0.463 e. The highest BCUT2D eigenvalue weighted by molar-refractivity contribution is 5.84. The van der Waals surface area contributed by atoms with Gasteiger partial charge in [-0.1, -0.05) is 19.3 Å². The van der Waals surface area contributed by atoms with Crippen molar-refractivity contribution in [1.82, 2.24) is 5.32 Å². The summed E-state index contributed by atoms with van der Waals surface area (Å²) >= 11 is 0. The molecule has 0 spiro atoms. The Morgan fingerprint density at radius 1 is 1.00 bits per heavy atom. The van der Waals surface area contributed by atoms with Crippen LogP contribution in [0.15, 0.2) is 0 Å². The Balaban J connectivity index is 2.57. The van der Waals surface area contributed by atoms with Crippen molar-refractivity contribution in [1.29, 1.82) is 0 Å². The van der Waals surface area contributed by atoms with E-state index in [-0.39, 0.29) is 0 Å². The molecule has 0 atom stereocenters. The van der Waals surface area contributed by atoms with Gasteiger partial charge in [-0.05, 0) is 12.8 Å². The van der Waals surface area contributed by atoms with Crippen molar-refractivity contribution in [3.05, 3.63) is 0 Å². The number of carbonyl (C=O) groups is 1. The fourth-order valence-electron chi connectivity index (χ4n) is 1.65. The van der Waals surface area contributed by atoms with Crippen LogP contribution >= 0.6 is 0 Å². The number of alkyl halides is 5. The van der Waals surface area contributed by atoms with Gasteiger partial charge in [0.25, 0.3) is 0 Å². The van der Waals surface area contributed by atoms with E-state index in [1.165, 1.54) is 0 Å². The number of carbonyl (C=O) groups excluding carboxylic acids is 1. The van der Waals surface area contributed by atoms with E-state index in [1.54, 1.807) is 5.32 Å². The molecule has 0 heterocycles. The van der Waals surface area contributed by atoms with Crippen molar-refractivity contribution in [2.45, 2.75) is 50.2 Å². The van der Waals surface area contributed by atoms with E-state index in [2.05, 4.69) is 0 Å². The van der Waals surface area contributed by atoms with Crippen molar-refractivity contribution < 1.29 is 26.7 Å². The van der Waals surface area contributed by atoms with Gasteiger partial charge in [0.2, 0.25) is 0 Å². The van der Waals surface area contributed by atoms with E-state index >= 15 is 0 Å². The maximum absolute atomic E-state index is 12.5. The fourth-order valence-corrected chi connectivity index (χ4v) is 1.65. The van der Waals surface area contributed by atoms with Crippen molar-refractivity contribution in [3.63, 3.8) is 0 Å². The lowest BCUT2D eigenvalue weighted by molar-refractivity contribution is -0.270. The van der Waals surface area contributed by atoms with Crippen LogP contribution in [0.4, 0.5) is 22.0 Å². The molecule has 0 bridgehead atoms. The van der Waals surface area contributed by atoms with E-state index in [9.17, 15) is 26.7 Å². The van der Waals surface area contributed by atoms with Gasteiger partial charge in [-0.3, -0.25) is 4.79 Å². The fraction of sp³-hybridized carbons (Fsp3) is 0.889. The van der Waals surface area contributed by atoms with Gasteiger partial charge in [-0.2, -0.15) is 22.0 Å². The Labute approximate surface area is 89.2 Å². The van der Waals surface area contributed by atoms with Crippen LogP contribution in [0.25, 0.3) is 0 Å². The Kier molecular flexibility index (Phi) is 3.75. The first-order valence-electron chi connectivity index (χ1n) is 5.00. The second kappa shape index (κ2) is 4.55. The minimum atomic E-state index is -5.83. The molecule has 0 saturated heterocycles. The van der Waals surface area contributed by atoms with E-state index in [1.807, 2.05) is 0 Å². The molecule has 1 saturated carbocycles. The van der Waals surface area contributed by atoms with Crippen molar-refractivity contribution >= 4 is 5.91 Å². The largest absolute Gasteiger partial charge is 0.463 e. The SMILES string of the molecule is O=C(NC1CCCCC1)C(F)(F)C(F)(F)F. The van der Waals surface area contributed by atoms with Gasteiger partial charge in [-0.15, -0.1) is 0 Å². The molecule has 16 heavy (non-hydrogen) atoms. The third-order valence-corrected chi connectivity index (χ3v) is 2.58. The van der Waals surface area contributed by atoms with Gasteiger partial charge in [0.1, 0.15) is 0 Å². The van der Waals surface area contributed by atoms with Gasteiger partial charge in [-0.25, -0.2) is 0 Å². The zero-order valence-corrected chi connectivity index (χ0v) is 8.41. The van der Waals surface area contributed by atoms with Gasteiger partial charge < -0.3 is 5.32 Å². The summed E-state index contributed by atoms with van der Waals surface area (Å²) in [4.78, 5) is 10.8. The van der Waals surface area contributed by atoms with Gasteiger partial charge in [0.15, 0.2) is 0 Å². The first kappa shape index (κ1) is 13.2. The second-order valence-corrected chi connectivity index (χ2v) is 3.88. The molecule has 1 aliphatic rings. The van der Waals surface area contributed by atoms with Crippen molar-refractivity contribution in [3.8, 4) is 0 Å². The third-order valence-electron chi connectivity index (χ3n) is 2.58. The van der Waals surface area contributed by atoms with E-state index in [0.29, 0.717) is 12.8 Å². The number of hydrogen-bond donors (Lipinski definition) is 1.